The Labute approximate surface area is 135 Å². The van der Waals surface area contributed by atoms with E-state index in [9.17, 15) is 4.79 Å². The molecule has 0 saturated carbocycles. The molecule has 2 aromatic rings. The maximum absolute atomic E-state index is 11.4. The number of halogens is 3. The molecule has 3 N–H and O–H groups in total. The van der Waals surface area contributed by atoms with Crippen molar-refractivity contribution in [1.82, 2.24) is 5.43 Å². The lowest BCUT2D eigenvalue weighted by Crippen LogP contribution is -2.29. The first-order chi connectivity index (χ1) is 9.92. The molecule has 1 aromatic heterocycles. The van der Waals surface area contributed by atoms with Gasteiger partial charge in [-0.3, -0.25) is 10.2 Å². The normalized spacial score (nSPS) is 10.5. The smallest absolute Gasteiger partial charge is 0.300 e. The van der Waals surface area contributed by atoms with Crippen LogP contribution in [0.3, 0.4) is 0 Å². The van der Waals surface area contributed by atoms with Crippen molar-refractivity contribution in [3.63, 3.8) is 0 Å². The maximum atomic E-state index is 11.4. The number of amides is 1. The van der Waals surface area contributed by atoms with E-state index in [-0.39, 0.29) is 12.4 Å². The third-order valence-electron chi connectivity index (χ3n) is 2.73. The molecule has 0 unspecified atom stereocenters. The highest BCUT2D eigenvalue weighted by atomic mass is 35.5. The minimum absolute atomic E-state index is 0.105. The Bertz CT molecular complexity index is 686. The van der Waals surface area contributed by atoms with E-state index in [2.05, 4.69) is 0 Å². The summed E-state index contributed by atoms with van der Waals surface area (Å²) in [6, 6.07) is 4.56. The molecule has 21 heavy (non-hydrogen) atoms. The SMILES string of the molecule is Cc1oc(C(=O)NN)cc1COc1cc(Cl)c(Cl)cc1Cl. The highest BCUT2D eigenvalue weighted by Gasteiger charge is 2.14. The summed E-state index contributed by atoms with van der Waals surface area (Å²) >= 11 is 17.8. The highest BCUT2D eigenvalue weighted by Crippen LogP contribution is 2.34. The Morgan fingerprint density at radius 3 is 2.57 bits per heavy atom. The number of hydrazine groups is 1. The number of hydrogen-bond donors (Lipinski definition) is 2. The summed E-state index contributed by atoms with van der Waals surface area (Å²) in [5.41, 5.74) is 2.68. The number of nitrogens with one attached hydrogen (secondary N) is 1. The summed E-state index contributed by atoms with van der Waals surface area (Å²) in [5.74, 6) is 5.56. The molecule has 2 rings (SSSR count). The van der Waals surface area contributed by atoms with Crippen molar-refractivity contribution >= 4 is 40.7 Å². The Hall–Kier alpha value is -1.40. The summed E-state index contributed by atoms with van der Waals surface area (Å²) in [5, 5.41) is 1.02. The number of rotatable bonds is 4. The zero-order chi connectivity index (χ0) is 15.6. The second-order valence-corrected chi connectivity index (χ2v) is 5.37. The topological polar surface area (TPSA) is 77.5 Å². The number of hydrogen-bond acceptors (Lipinski definition) is 4. The summed E-state index contributed by atoms with van der Waals surface area (Å²) in [4.78, 5) is 11.4. The van der Waals surface area contributed by atoms with Crippen LogP contribution in [0.25, 0.3) is 0 Å². The van der Waals surface area contributed by atoms with E-state index in [4.69, 9.17) is 49.8 Å². The summed E-state index contributed by atoms with van der Waals surface area (Å²) in [7, 11) is 0. The van der Waals surface area contributed by atoms with Crippen LogP contribution >= 0.6 is 34.8 Å². The first-order valence-electron chi connectivity index (χ1n) is 5.80. The van der Waals surface area contributed by atoms with Crippen molar-refractivity contribution in [1.29, 1.82) is 0 Å². The summed E-state index contributed by atoms with van der Waals surface area (Å²) in [6.07, 6.45) is 0. The van der Waals surface area contributed by atoms with Gasteiger partial charge in [0.05, 0.1) is 15.1 Å². The lowest BCUT2D eigenvalue weighted by Gasteiger charge is -2.08. The number of ether oxygens (including phenoxy) is 1. The van der Waals surface area contributed by atoms with Crippen molar-refractivity contribution < 1.29 is 13.9 Å². The van der Waals surface area contributed by atoms with Gasteiger partial charge in [-0.05, 0) is 19.1 Å². The Kier molecular flexibility index (Phi) is 5.00. The number of nitrogen functional groups attached to an aromatic ring is 1. The van der Waals surface area contributed by atoms with E-state index in [1.807, 2.05) is 5.43 Å². The van der Waals surface area contributed by atoms with E-state index in [1.54, 1.807) is 13.0 Å². The van der Waals surface area contributed by atoms with Crippen LogP contribution in [-0.4, -0.2) is 5.91 Å². The quantitative estimate of drug-likeness (QED) is 0.381. The standard InChI is InChI=1S/C13H11Cl3N2O3/c1-6-7(2-12(21-6)13(19)18-17)5-20-11-4-9(15)8(14)3-10(11)16/h2-4H,5,17H2,1H3,(H,18,19). The van der Waals surface area contributed by atoms with Crippen molar-refractivity contribution in [2.24, 2.45) is 5.84 Å². The van der Waals surface area contributed by atoms with Gasteiger partial charge in [-0.1, -0.05) is 34.8 Å². The largest absolute Gasteiger partial charge is 0.487 e. The number of benzene rings is 1. The predicted octanol–water partition coefficient (Wildman–Crippen LogP) is 3.73. The number of nitrogens with two attached hydrogens (primary N) is 1. The summed E-state index contributed by atoms with van der Waals surface area (Å²) in [6.45, 7) is 1.87. The lowest BCUT2D eigenvalue weighted by atomic mass is 10.2. The van der Waals surface area contributed by atoms with Crippen LogP contribution in [0.5, 0.6) is 5.75 Å². The molecular weight excluding hydrogens is 339 g/mol. The van der Waals surface area contributed by atoms with E-state index in [1.165, 1.54) is 12.1 Å². The van der Waals surface area contributed by atoms with Crippen molar-refractivity contribution in [2.45, 2.75) is 13.5 Å². The Morgan fingerprint density at radius 2 is 1.90 bits per heavy atom. The second-order valence-electron chi connectivity index (χ2n) is 4.15. The molecule has 0 aliphatic carbocycles. The minimum Gasteiger partial charge on any atom is -0.487 e. The van der Waals surface area contributed by atoms with Gasteiger partial charge in [0.15, 0.2) is 5.76 Å². The Balaban J connectivity index is 2.15. The van der Waals surface area contributed by atoms with Gasteiger partial charge in [-0.25, -0.2) is 5.84 Å². The summed E-state index contributed by atoms with van der Waals surface area (Å²) < 4.78 is 10.8. The minimum atomic E-state index is -0.517. The number of aryl methyl sites for hydroxylation is 1. The molecule has 1 amide bonds. The first-order valence-corrected chi connectivity index (χ1v) is 6.93. The third kappa shape index (κ3) is 3.63. The third-order valence-corrected chi connectivity index (χ3v) is 3.75. The molecule has 0 aliphatic rings. The molecule has 0 aliphatic heterocycles. The number of carbonyl (C=O) groups is 1. The monoisotopic (exact) mass is 348 g/mol. The molecule has 0 spiro atoms. The molecule has 1 aromatic carbocycles. The molecule has 0 bridgehead atoms. The second kappa shape index (κ2) is 6.58. The average Bonchev–Trinajstić information content (AvgIpc) is 2.82. The van der Waals surface area contributed by atoms with Crippen molar-refractivity contribution in [3.8, 4) is 5.75 Å². The number of furan rings is 1. The van der Waals surface area contributed by atoms with Crippen LogP contribution < -0.4 is 16.0 Å². The maximum Gasteiger partial charge on any atom is 0.300 e. The van der Waals surface area contributed by atoms with E-state index < -0.39 is 5.91 Å². The molecule has 1 heterocycles. The molecule has 0 fully saturated rings. The van der Waals surface area contributed by atoms with Crippen LogP contribution in [-0.2, 0) is 6.61 Å². The van der Waals surface area contributed by atoms with Gasteiger partial charge in [0.1, 0.15) is 18.1 Å². The fourth-order valence-electron chi connectivity index (χ4n) is 1.62. The van der Waals surface area contributed by atoms with Crippen molar-refractivity contribution in [2.75, 3.05) is 0 Å². The van der Waals surface area contributed by atoms with Crippen LogP contribution in [0.4, 0.5) is 0 Å². The molecule has 112 valence electrons. The van der Waals surface area contributed by atoms with Gasteiger partial charge in [0, 0.05) is 11.6 Å². The highest BCUT2D eigenvalue weighted by molar-refractivity contribution is 6.43. The van der Waals surface area contributed by atoms with Crippen LogP contribution in [0.2, 0.25) is 15.1 Å². The van der Waals surface area contributed by atoms with Gasteiger partial charge in [-0.15, -0.1) is 0 Å². The molecule has 0 saturated heterocycles. The van der Waals surface area contributed by atoms with Crippen LogP contribution in [0.1, 0.15) is 21.9 Å². The lowest BCUT2D eigenvalue weighted by molar-refractivity contribution is 0.0924. The van der Waals surface area contributed by atoms with E-state index >= 15 is 0 Å². The van der Waals surface area contributed by atoms with Gasteiger partial charge < -0.3 is 9.15 Å². The van der Waals surface area contributed by atoms with Gasteiger partial charge in [0.25, 0.3) is 0 Å². The zero-order valence-electron chi connectivity index (χ0n) is 10.9. The molecule has 5 nitrogen and oxygen atoms in total. The Morgan fingerprint density at radius 1 is 1.24 bits per heavy atom. The van der Waals surface area contributed by atoms with Gasteiger partial charge in [0.2, 0.25) is 0 Å². The van der Waals surface area contributed by atoms with Crippen LogP contribution in [0.15, 0.2) is 22.6 Å². The van der Waals surface area contributed by atoms with Gasteiger partial charge in [-0.2, -0.15) is 0 Å². The van der Waals surface area contributed by atoms with Crippen LogP contribution in [0, 0.1) is 6.92 Å². The molecule has 0 radical (unpaired) electrons. The van der Waals surface area contributed by atoms with E-state index in [0.29, 0.717) is 32.1 Å². The molecule has 8 heteroatoms. The average molecular weight is 350 g/mol. The number of carbonyl (C=O) groups excluding carboxylic acids is 1. The van der Waals surface area contributed by atoms with E-state index in [0.717, 1.165) is 0 Å². The fraction of sp³-hybridized carbons (Fsp3) is 0.154. The fourth-order valence-corrected chi connectivity index (χ4v) is 2.21. The van der Waals surface area contributed by atoms with Crippen molar-refractivity contribution in [3.05, 3.63) is 50.4 Å². The van der Waals surface area contributed by atoms with Gasteiger partial charge >= 0.3 is 5.91 Å². The predicted molar refractivity (Wildman–Crippen MR) is 80.9 cm³/mol. The molecular formula is C13H11Cl3N2O3. The molecule has 0 atom stereocenters. The first kappa shape index (κ1) is 16.0. The zero-order valence-corrected chi connectivity index (χ0v) is 13.1.